The molecule has 130 valence electrons. The first-order valence-electron chi connectivity index (χ1n) is 8.19. The highest BCUT2D eigenvalue weighted by molar-refractivity contribution is 6.00. The molecule has 0 radical (unpaired) electrons. The molecule has 2 aromatic rings. The Bertz CT molecular complexity index is 863. The molecule has 0 saturated heterocycles. The lowest BCUT2D eigenvalue weighted by Gasteiger charge is -2.29. The van der Waals surface area contributed by atoms with Crippen LogP contribution in [-0.4, -0.2) is 26.5 Å². The second kappa shape index (κ2) is 6.55. The molecule has 1 heterocycles. The van der Waals surface area contributed by atoms with Crippen LogP contribution in [0.5, 0.6) is 5.75 Å². The number of Topliss-reactive ketones (excluding diaryl/α,β-unsaturated/α-hetero) is 1. The van der Waals surface area contributed by atoms with Crippen molar-refractivity contribution < 1.29 is 19.8 Å². The zero-order valence-corrected chi connectivity index (χ0v) is 13.6. The van der Waals surface area contributed by atoms with Crippen molar-refractivity contribution in [1.82, 2.24) is 4.57 Å². The van der Waals surface area contributed by atoms with Crippen LogP contribution in [0.1, 0.15) is 46.4 Å². The number of pyridine rings is 1. The quantitative estimate of drug-likeness (QED) is 0.815. The van der Waals surface area contributed by atoms with Gasteiger partial charge in [-0.2, -0.15) is 0 Å². The van der Waals surface area contributed by atoms with Crippen molar-refractivity contribution in [3.05, 3.63) is 64.1 Å². The van der Waals surface area contributed by atoms with Gasteiger partial charge in [0.25, 0.3) is 0 Å². The van der Waals surface area contributed by atoms with Crippen molar-refractivity contribution in [3.63, 3.8) is 0 Å². The number of carboxylic acid groups (broad SMARTS) is 1. The summed E-state index contributed by atoms with van der Waals surface area (Å²) in [5.41, 5.74) is -1.45. The van der Waals surface area contributed by atoms with E-state index in [2.05, 4.69) is 0 Å². The Hall–Kier alpha value is -2.89. The van der Waals surface area contributed by atoms with Crippen LogP contribution in [0.25, 0.3) is 0 Å². The molecule has 6 nitrogen and oxygen atoms in total. The van der Waals surface area contributed by atoms with E-state index in [0.717, 1.165) is 12.8 Å². The molecule has 0 bridgehead atoms. The Balaban J connectivity index is 2.00. The van der Waals surface area contributed by atoms with Crippen molar-refractivity contribution in [1.29, 1.82) is 0 Å². The minimum Gasteiger partial charge on any atom is -0.503 e. The maximum atomic E-state index is 13.1. The molecule has 1 aromatic carbocycles. The first-order valence-corrected chi connectivity index (χ1v) is 8.19. The zero-order chi connectivity index (χ0) is 18.0. The molecule has 1 aliphatic rings. The first-order chi connectivity index (χ1) is 11.9. The fourth-order valence-electron chi connectivity index (χ4n) is 3.61. The summed E-state index contributed by atoms with van der Waals surface area (Å²) in [6.07, 6.45) is 5.61. The molecule has 0 atom stereocenters. The third-order valence-electron chi connectivity index (χ3n) is 4.85. The molecule has 0 amide bonds. The van der Waals surface area contributed by atoms with Gasteiger partial charge in [0.2, 0.25) is 5.43 Å². The highest BCUT2D eigenvalue weighted by atomic mass is 16.4. The summed E-state index contributed by atoms with van der Waals surface area (Å²) in [5, 5.41) is 18.9. The summed E-state index contributed by atoms with van der Waals surface area (Å²) in [6, 6.07) is 9.01. The van der Waals surface area contributed by atoms with Crippen LogP contribution in [0.4, 0.5) is 0 Å². The number of hydrogen-bond acceptors (Lipinski definition) is 4. The van der Waals surface area contributed by atoms with Crippen LogP contribution < -0.4 is 5.43 Å². The Labute approximate surface area is 144 Å². The van der Waals surface area contributed by atoms with E-state index in [4.69, 9.17) is 5.11 Å². The van der Waals surface area contributed by atoms with Gasteiger partial charge >= 0.3 is 5.97 Å². The Morgan fingerprint density at radius 1 is 1.08 bits per heavy atom. The molecule has 3 rings (SSSR count). The van der Waals surface area contributed by atoms with Gasteiger partial charge in [0.1, 0.15) is 5.56 Å². The van der Waals surface area contributed by atoms with Crippen LogP contribution in [0, 0.1) is 5.41 Å². The van der Waals surface area contributed by atoms with Crippen LogP contribution in [0.2, 0.25) is 0 Å². The summed E-state index contributed by atoms with van der Waals surface area (Å²) in [7, 11) is 0. The average Bonchev–Trinajstić information content (AvgIpc) is 3.07. The van der Waals surface area contributed by atoms with Crippen molar-refractivity contribution in [2.24, 2.45) is 5.41 Å². The van der Waals surface area contributed by atoms with Gasteiger partial charge in [0.05, 0.1) is 5.41 Å². The van der Waals surface area contributed by atoms with Crippen molar-refractivity contribution in [3.8, 4) is 5.75 Å². The van der Waals surface area contributed by atoms with Gasteiger partial charge in [-0.05, 0) is 12.8 Å². The molecule has 2 N–H and O–H groups in total. The van der Waals surface area contributed by atoms with Gasteiger partial charge in [-0.15, -0.1) is 0 Å². The fourth-order valence-corrected chi connectivity index (χ4v) is 3.61. The third kappa shape index (κ3) is 3.20. The predicted octanol–water partition coefficient (Wildman–Crippen LogP) is 2.70. The maximum absolute atomic E-state index is 13.1. The largest absolute Gasteiger partial charge is 0.503 e. The molecule has 1 aromatic heterocycles. The topological polar surface area (TPSA) is 96.6 Å². The summed E-state index contributed by atoms with van der Waals surface area (Å²) in [4.78, 5) is 36.0. The number of hydrogen-bond donors (Lipinski definition) is 2. The average molecular weight is 341 g/mol. The highest BCUT2D eigenvalue weighted by Crippen LogP contribution is 2.42. The molecular weight excluding hydrogens is 322 g/mol. The lowest BCUT2D eigenvalue weighted by molar-refractivity contribution is 0.0693. The lowest BCUT2D eigenvalue weighted by atomic mass is 9.78. The summed E-state index contributed by atoms with van der Waals surface area (Å²) in [6.45, 7) is 0.231. The van der Waals surface area contributed by atoms with E-state index in [1.807, 2.05) is 18.2 Å². The van der Waals surface area contributed by atoms with Gasteiger partial charge < -0.3 is 14.8 Å². The molecule has 0 unspecified atom stereocenters. The van der Waals surface area contributed by atoms with Gasteiger partial charge in [0.15, 0.2) is 11.5 Å². The molecule has 25 heavy (non-hydrogen) atoms. The number of aromatic nitrogens is 1. The fraction of sp³-hybridized carbons (Fsp3) is 0.316. The van der Waals surface area contributed by atoms with Crippen molar-refractivity contribution >= 4 is 11.8 Å². The van der Waals surface area contributed by atoms with E-state index in [1.54, 1.807) is 12.1 Å². The van der Waals surface area contributed by atoms with Crippen LogP contribution in [-0.2, 0) is 6.54 Å². The number of rotatable bonds is 5. The zero-order valence-electron chi connectivity index (χ0n) is 13.6. The smallest absolute Gasteiger partial charge is 0.341 e. The molecule has 6 heteroatoms. The van der Waals surface area contributed by atoms with Gasteiger partial charge in [0, 0.05) is 24.5 Å². The molecule has 1 aliphatic carbocycles. The SMILES string of the molecule is O=C(O)c1cn(CC2(C(=O)c3ccccc3)CCCC2)cc(O)c1=O. The van der Waals surface area contributed by atoms with Crippen molar-refractivity contribution in [2.45, 2.75) is 32.2 Å². The highest BCUT2D eigenvalue weighted by Gasteiger charge is 2.41. The van der Waals surface area contributed by atoms with E-state index in [1.165, 1.54) is 17.0 Å². The van der Waals surface area contributed by atoms with E-state index >= 15 is 0 Å². The van der Waals surface area contributed by atoms with Gasteiger partial charge in [-0.25, -0.2) is 4.79 Å². The normalized spacial score (nSPS) is 15.8. The molecule has 1 fully saturated rings. The van der Waals surface area contributed by atoms with Gasteiger partial charge in [-0.1, -0.05) is 43.2 Å². The van der Waals surface area contributed by atoms with Crippen LogP contribution in [0.3, 0.4) is 0 Å². The minimum atomic E-state index is -1.40. The molecule has 1 saturated carbocycles. The first kappa shape index (κ1) is 17.0. The van der Waals surface area contributed by atoms with Gasteiger partial charge in [-0.3, -0.25) is 9.59 Å². The number of ketones is 1. The second-order valence-electron chi connectivity index (χ2n) is 6.55. The molecular formula is C19H19NO5. The van der Waals surface area contributed by atoms with Crippen LogP contribution in [0.15, 0.2) is 47.5 Å². The molecule has 0 aliphatic heterocycles. The van der Waals surface area contributed by atoms with Crippen molar-refractivity contribution in [2.75, 3.05) is 0 Å². The van der Waals surface area contributed by atoms with E-state index in [-0.39, 0.29) is 12.3 Å². The summed E-state index contributed by atoms with van der Waals surface area (Å²) >= 11 is 0. The number of carboxylic acids is 1. The lowest BCUT2D eigenvalue weighted by Crippen LogP contribution is -2.34. The monoisotopic (exact) mass is 341 g/mol. The number of carbonyl (C=O) groups is 2. The standard InChI is InChI=1S/C19H19NO5/c21-15-11-20(10-14(16(15)22)18(24)25)12-19(8-4-5-9-19)17(23)13-6-2-1-3-7-13/h1-3,6-7,10-11,21H,4-5,8-9,12H2,(H,24,25). The van der Waals surface area contributed by atoms with E-state index < -0.39 is 28.1 Å². The van der Waals surface area contributed by atoms with Crippen LogP contribution >= 0.6 is 0 Å². The second-order valence-corrected chi connectivity index (χ2v) is 6.55. The summed E-state index contributed by atoms with van der Waals surface area (Å²) < 4.78 is 1.45. The molecule has 0 spiro atoms. The van der Waals surface area contributed by atoms with E-state index in [9.17, 15) is 19.5 Å². The Kier molecular flexibility index (Phi) is 4.44. The maximum Gasteiger partial charge on any atom is 0.341 e. The minimum absolute atomic E-state index is 0.0145. The Morgan fingerprint density at radius 3 is 2.32 bits per heavy atom. The number of carbonyl (C=O) groups excluding carboxylic acids is 1. The predicted molar refractivity (Wildman–Crippen MR) is 91.0 cm³/mol. The number of nitrogens with zero attached hydrogens (tertiary/aromatic N) is 1. The van der Waals surface area contributed by atoms with E-state index in [0.29, 0.717) is 18.4 Å². The Morgan fingerprint density at radius 2 is 1.72 bits per heavy atom. The number of aromatic hydroxyl groups is 1. The third-order valence-corrected chi connectivity index (χ3v) is 4.85. The number of aromatic carboxylic acids is 1. The summed E-state index contributed by atoms with van der Waals surface area (Å²) in [5.74, 6) is -2.01. The number of benzene rings is 1.